The lowest BCUT2D eigenvalue weighted by Crippen LogP contribution is -2.45. The van der Waals surface area contributed by atoms with Gasteiger partial charge < -0.3 is 20.1 Å². The van der Waals surface area contributed by atoms with Crippen molar-refractivity contribution in [3.05, 3.63) is 59.2 Å². The van der Waals surface area contributed by atoms with E-state index < -0.39 is 0 Å². The van der Waals surface area contributed by atoms with E-state index in [4.69, 9.17) is 9.47 Å². The maximum atomic E-state index is 12.9. The molecule has 0 saturated carbocycles. The highest BCUT2D eigenvalue weighted by Crippen LogP contribution is 2.35. The summed E-state index contributed by atoms with van der Waals surface area (Å²) in [4.78, 5) is 12.9. The van der Waals surface area contributed by atoms with Crippen LogP contribution < -0.4 is 15.4 Å². The molecule has 8 heteroatoms. The van der Waals surface area contributed by atoms with Crippen LogP contribution in [0.3, 0.4) is 0 Å². The lowest BCUT2D eigenvalue weighted by Gasteiger charge is -2.26. The van der Waals surface area contributed by atoms with Gasteiger partial charge in [0.05, 0.1) is 5.92 Å². The number of aryl methyl sites for hydroxylation is 2. The molecule has 0 amide bonds. The second kappa shape index (κ2) is 12.0. The number of carbonyl (C=O) groups excluding carboxylic acids is 1. The maximum absolute atomic E-state index is 12.9. The largest absolute Gasteiger partial charge is 0.491 e. The molecular formula is C29H38N4O3S. The van der Waals surface area contributed by atoms with Crippen LogP contribution in [0, 0.1) is 19.8 Å². The van der Waals surface area contributed by atoms with E-state index in [9.17, 15) is 4.79 Å². The Bertz CT molecular complexity index is 1170. The van der Waals surface area contributed by atoms with Crippen LogP contribution >= 0.6 is 11.3 Å². The zero-order valence-electron chi connectivity index (χ0n) is 22.5. The molecule has 198 valence electrons. The molecular weight excluding hydrogens is 484 g/mol. The van der Waals surface area contributed by atoms with Crippen LogP contribution in [0.15, 0.2) is 42.5 Å². The van der Waals surface area contributed by atoms with Crippen molar-refractivity contribution in [2.45, 2.75) is 72.1 Å². The summed E-state index contributed by atoms with van der Waals surface area (Å²) in [5, 5.41) is 17.3. The summed E-state index contributed by atoms with van der Waals surface area (Å²) >= 11 is 1.57. The number of anilines is 1. The first kappa shape index (κ1) is 27.1. The summed E-state index contributed by atoms with van der Waals surface area (Å²) in [6.45, 7) is 12.1. The van der Waals surface area contributed by atoms with Gasteiger partial charge in [0.15, 0.2) is 0 Å². The molecule has 0 bridgehead atoms. The number of carbonyl (C=O) groups is 1. The fourth-order valence-electron chi connectivity index (χ4n) is 4.86. The van der Waals surface area contributed by atoms with Gasteiger partial charge in [0.1, 0.15) is 24.0 Å². The fraction of sp³-hybridized carbons (Fsp3) is 0.483. The lowest BCUT2D eigenvalue weighted by molar-refractivity contribution is -0.151. The Balaban J connectivity index is 1.35. The van der Waals surface area contributed by atoms with Crippen molar-refractivity contribution in [3.63, 3.8) is 0 Å². The number of hydrogen-bond acceptors (Lipinski definition) is 8. The molecule has 1 fully saturated rings. The molecule has 1 aliphatic heterocycles. The van der Waals surface area contributed by atoms with Gasteiger partial charge in [-0.25, -0.2) is 0 Å². The number of ether oxygens (including phenoxy) is 2. The van der Waals surface area contributed by atoms with Gasteiger partial charge in [-0.05, 0) is 69.4 Å². The summed E-state index contributed by atoms with van der Waals surface area (Å²) in [6, 6.07) is 14.1. The van der Waals surface area contributed by atoms with E-state index in [-0.39, 0.29) is 23.5 Å². The second-order valence-corrected chi connectivity index (χ2v) is 11.4. The highest BCUT2D eigenvalue weighted by Gasteiger charge is 2.45. The molecule has 37 heavy (non-hydrogen) atoms. The first-order valence-electron chi connectivity index (χ1n) is 13.1. The average molecular weight is 523 g/mol. The fourth-order valence-corrected chi connectivity index (χ4v) is 5.62. The molecule has 2 unspecified atom stereocenters. The van der Waals surface area contributed by atoms with E-state index in [0.717, 1.165) is 57.5 Å². The highest BCUT2D eigenvalue weighted by molar-refractivity contribution is 7.18. The predicted molar refractivity (Wildman–Crippen MR) is 149 cm³/mol. The number of hydrogen-bond donors (Lipinski definition) is 2. The molecule has 2 N–H and O–H groups in total. The first-order chi connectivity index (χ1) is 17.8. The van der Waals surface area contributed by atoms with Crippen LogP contribution in [0.2, 0.25) is 0 Å². The van der Waals surface area contributed by atoms with Gasteiger partial charge in [-0.3, -0.25) is 4.79 Å². The SMILES string of the molecule is CCCCNc1nnc(-c2cc(C)c(OCC3CC(C(=O)OCc4ccccc4)C(C)(C)N3)c(C)c2)s1. The van der Waals surface area contributed by atoms with Gasteiger partial charge in [-0.1, -0.05) is 55.0 Å². The van der Waals surface area contributed by atoms with Gasteiger partial charge in [-0.2, -0.15) is 0 Å². The van der Waals surface area contributed by atoms with Crippen molar-refractivity contribution < 1.29 is 14.3 Å². The Morgan fingerprint density at radius 3 is 2.59 bits per heavy atom. The number of nitrogens with one attached hydrogen (secondary N) is 2. The van der Waals surface area contributed by atoms with Gasteiger partial charge in [0.25, 0.3) is 0 Å². The minimum absolute atomic E-state index is 0.0580. The quantitative estimate of drug-likeness (QED) is 0.239. The zero-order valence-corrected chi connectivity index (χ0v) is 23.3. The Morgan fingerprint density at radius 2 is 1.89 bits per heavy atom. The summed E-state index contributed by atoms with van der Waals surface area (Å²) < 4.78 is 12.0. The number of esters is 1. The van der Waals surface area contributed by atoms with E-state index in [1.54, 1.807) is 11.3 Å². The van der Waals surface area contributed by atoms with Crippen LogP contribution in [0.1, 0.15) is 56.7 Å². The highest BCUT2D eigenvalue weighted by atomic mass is 32.1. The topological polar surface area (TPSA) is 85.4 Å². The predicted octanol–water partition coefficient (Wildman–Crippen LogP) is 5.91. The molecule has 0 aliphatic carbocycles. The van der Waals surface area contributed by atoms with Crippen molar-refractivity contribution in [2.75, 3.05) is 18.5 Å². The molecule has 3 aromatic rings. The van der Waals surface area contributed by atoms with E-state index in [1.807, 2.05) is 30.3 Å². The van der Waals surface area contributed by atoms with Crippen LogP contribution in [0.25, 0.3) is 10.6 Å². The lowest BCUT2D eigenvalue weighted by atomic mass is 9.89. The minimum Gasteiger partial charge on any atom is -0.491 e. The third kappa shape index (κ3) is 6.87. The van der Waals surface area contributed by atoms with Crippen LogP contribution in [0.5, 0.6) is 5.75 Å². The van der Waals surface area contributed by atoms with Crippen LogP contribution in [0.4, 0.5) is 5.13 Å². The average Bonchev–Trinajstić information content (AvgIpc) is 3.46. The van der Waals surface area contributed by atoms with E-state index in [2.05, 4.69) is 67.6 Å². The maximum Gasteiger partial charge on any atom is 0.311 e. The smallest absolute Gasteiger partial charge is 0.311 e. The van der Waals surface area contributed by atoms with Crippen molar-refractivity contribution in [2.24, 2.45) is 5.92 Å². The molecule has 1 aliphatic rings. The molecule has 2 heterocycles. The van der Waals surface area contributed by atoms with E-state index in [0.29, 0.717) is 19.6 Å². The second-order valence-electron chi connectivity index (χ2n) is 10.4. The Hall–Kier alpha value is -2.97. The molecule has 4 rings (SSSR count). The molecule has 2 atom stereocenters. The zero-order chi connectivity index (χ0) is 26.4. The van der Waals surface area contributed by atoms with Crippen molar-refractivity contribution >= 4 is 22.4 Å². The summed E-state index contributed by atoms with van der Waals surface area (Å²) in [7, 11) is 0. The van der Waals surface area contributed by atoms with Gasteiger partial charge in [0.2, 0.25) is 5.13 Å². The molecule has 0 radical (unpaired) electrons. The van der Waals surface area contributed by atoms with Gasteiger partial charge >= 0.3 is 5.97 Å². The van der Waals surface area contributed by atoms with Crippen molar-refractivity contribution in [1.29, 1.82) is 0 Å². The Kier molecular flexibility index (Phi) is 8.82. The Labute approximate surface area is 224 Å². The number of benzene rings is 2. The molecule has 2 aromatic carbocycles. The van der Waals surface area contributed by atoms with E-state index in [1.165, 1.54) is 0 Å². The summed E-state index contributed by atoms with van der Waals surface area (Å²) in [5.74, 6) is 0.484. The summed E-state index contributed by atoms with van der Waals surface area (Å²) in [5.41, 5.74) is 3.79. The number of rotatable bonds is 11. The third-order valence-electron chi connectivity index (χ3n) is 6.84. The third-order valence-corrected chi connectivity index (χ3v) is 7.77. The standard InChI is InChI=1S/C29H38N4O3S/c1-6-7-13-30-28-33-32-26(37-28)22-14-19(2)25(20(3)15-22)35-18-23-16-24(29(4,5)31-23)27(34)36-17-21-11-9-8-10-12-21/h8-12,14-15,23-24,31H,6-7,13,16-18H2,1-5H3,(H,30,33). The minimum atomic E-state index is -0.365. The molecule has 1 saturated heterocycles. The molecule has 7 nitrogen and oxygen atoms in total. The van der Waals surface area contributed by atoms with Crippen LogP contribution in [-0.2, 0) is 16.1 Å². The van der Waals surface area contributed by atoms with Gasteiger partial charge in [-0.15, -0.1) is 10.2 Å². The van der Waals surface area contributed by atoms with Crippen LogP contribution in [-0.4, -0.2) is 40.9 Å². The molecule has 0 spiro atoms. The number of aromatic nitrogens is 2. The first-order valence-corrected chi connectivity index (χ1v) is 13.9. The van der Waals surface area contributed by atoms with Gasteiger partial charge in [0, 0.05) is 23.7 Å². The number of unbranched alkanes of at least 4 members (excludes halogenated alkanes) is 1. The van der Waals surface area contributed by atoms with Crippen molar-refractivity contribution in [3.8, 4) is 16.3 Å². The number of nitrogens with zero attached hydrogens (tertiary/aromatic N) is 2. The van der Waals surface area contributed by atoms with Crippen molar-refractivity contribution in [1.82, 2.24) is 15.5 Å². The summed E-state index contributed by atoms with van der Waals surface area (Å²) in [6.07, 6.45) is 2.93. The van der Waals surface area contributed by atoms with E-state index >= 15 is 0 Å². The molecule has 1 aromatic heterocycles. The normalized spacial score (nSPS) is 18.5. The Morgan fingerprint density at radius 1 is 1.16 bits per heavy atom. The monoisotopic (exact) mass is 522 g/mol.